The lowest BCUT2D eigenvalue weighted by molar-refractivity contribution is -0.158. The zero-order valence-corrected chi connectivity index (χ0v) is 14.8. The summed E-state index contributed by atoms with van der Waals surface area (Å²) in [5, 5.41) is 0. The molecule has 128 valence electrons. The van der Waals surface area contributed by atoms with Gasteiger partial charge in [-0.15, -0.1) is 0 Å². The number of carbonyl (C=O) groups is 1. The third kappa shape index (κ3) is 2.19. The van der Waals surface area contributed by atoms with E-state index in [2.05, 4.69) is 39.6 Å². The van der Waals surface area contributed by atoms with Gasteiger partial charge in [-0.25, -0.2) is 9.97 Å². The van der Waals surface area contributed by atoms with Crippen molar-refractivity contribution < 1.29 is 4.79 Å². The van der Waals surface area contributed by atoms with E-state index in [1.54, 1.807) is 12.5 Å². The van der Waals surface area contributed by atoms with E-state index in [-0.39, 0.29) is 17.4 Å². The summed E-state index contributed by atoms with van der Waals surface area (Å²) < 4.78 is 2.27. The minimum Gasteiger partial charge on any atom is -0.348 e. The number of hydrogen-bond donors (Lipinski definition) is 1. The number of aromatic nitrogens is 4. The van der Waals surface area contributed by atoms with Crippen LogP contribution in [0.25, 0.3) is 0 Å². The van der Waals surface area contributed by atoms with E-state index in [4.69, 9.17) is 0 Å². The maximum Gasteiger partial charge on any atom is 0.234 e. The van der Waals surface area contributed by atoms with Gasteiger partial charge in [0, 0.05) is 42.3 Å². The summed E-state index contributed by atoms with van der Waals surface area (Å²) in [6, 6.07) is 0.597. The standard InChI is InChI=1S/C18H25N5O/c1-17(2)10-23(16(24)18(3,4)13-9-19-11-21-13)14(17)15-20-7-8-22(15)12-5-6-12/h7-9,11-12,14H,5-6,10H2,1-4H3,(H,19,21). The molecule has 0 radical (unpaired) electrons. The van der Waals surface area contributed by atoms with E-state index in [1.165, 1.54) is 12.8 Å². The van der Waals surface area contributed by atoms with Crippen molar-refractivity contribution in [2.75, 3.05) is 6.54 Å². The highest BCUT2D eigenvalue weighted by Gasteiger charge is 2.54. The molecule has 1 amide bonds. The monoisotopic (exact) mass is 327 g/mol. The number of carbonyl (C=O) groups excluding carboxylic acids is 1. The van der Waals surface area contributed by atoms with Gasteiger partial charge < -0.3 is 14.5 Å². The lowest BCUT2D eigenvalue weighted by Crippen LogP contribution is -2.61. The lowest BCUT2D eigenvalue weighted by Gasteiger charge is -2.55. The van der Waals surface area contributed by atoms with Crippen molar-refractivity contribution in [3.63, 3.8) is 0 Å². The van der Waals surface area contributed by atoms with Crippen LogP contribution < -0.4 is 0 Å². The zero-order valence-electron chi connectivity index (χ0n) is 14.8. The summed E-state index contributed by atoms with van der Waals surface area (Å²) in [5.41, 5.74) is 0.265. The third-order valence-corrected chi connectivity index (χ3v) is 5.48. The van der Waals surface area contributed by atoms with Crippen LogP contribution in [0, 0.1) is 5.41 Å². The van der Waals surface area contributed by atoms with Crippen molar-refractivity contribution in [1.29, 1.82) is 0 Å². The third-order valence-electron chi connectivity index (χ3n) is 5.48. The molecule has 0 bridgehead atoms. The van der Waals surface area contributed by atoms with Crippen LogP contribution in [0.1, 0.15) is 64.1 Å². The number of hydrogen-bond acceptors (Lipinski definition) is 3. The Morgan fingerprint density at radius 2 is 2.12 bits per heavy atom. The Labute approximate surface area is 142 Å². The average Bonchev–Trinajstić information content (AvgIpc) is 3.02. The second-order valence-corrected chi connectivity index (χ2v) is 8.34. The molecular formula is C18H25N5O. The van der Waals surface area contributed by atoms with Gasteiger partial charge in [-0.1, -0.05) is 13.8 Å². The summed E-state index contributed by atoms with van der Waals surface area (Å²) in [5.74, 6) is 1.16. The number of rotatable bonds is 4. The molecule has 24 heavy (non-hydrogen) atoms. The fourth-order valence-electron chi connectivity index (χ4n) is 3.87. The van der Waals surface area contributed by atoms with Crippen LogP contribution in [-0.2, 0) is 10.2 Å². The molecule has 4 rings (SSSR count). The maximum absolute atomic E-state index is 13.3. The summed E-state index contributed by atoms with van der Waals surface area (Å²) >= 11 is 0. The van der Waals surface area contributed by atoms with Crippen LogP contribution in [-0.4, -0.2) is 36.9 Å². The topological polar surface area (TPSA) is 66.8 Å². The Bertz CT molecular complexity index is 754. The molecule has 6 heteroatoms. The first-order valence-electron chi connectivity index (χ1n) is 8.65. The van der Waals surface area contributed by atoms with Gasteiger partial charge in [0.25, 0.3) is 0 Å². The van der Waals surface area contributed by atoms with Crippen LogP contribution in [0.15, 0.2) is 24.9 Å². The fourth-order valence-corrected chi connectivity index (χ4v) is 3.87. The fraction of sp³-hybridized carbons (Fsp3) is 0.611. The molecule has 2 aliphatic rings. The molecule has 0 aromatic carbocycles. The van der Waals surface area contributed by atoms with Crippen molar-refractivity contribution in [1.82, 2.24) is 24.4 Å². The van der Waals surface area contributed by atoms with Crippen LogP contribution in [0.4, 0.5) is 0 Å². The molecule has 1 saturated carbocycles. The Kier molecular flexibility index (Phi) is 3.18. The van der Waals surface area contributed by atoms with E-state index in [1.807, 2.05) is 24.9 Å². The molecule has 1 saturated heterocycles. The first-order valence-corrected chi connectivity index (χ1v) is 8.65. The SMILES string of the molecule is CC(C)(C(=O)N1CC(C)(C)C1c1nccn1C1CC1)c1cnc[nH]1. The lowest BCUT2D eigenvalue weighted by atomic mass is 9.72. The second kappa shape index (κ2) is 4.94. The molecule has 0 spiro atoms. The molecule has 1 N–H and O–H groups in total. The summed E-state index contributed by atoms with van der Waals surface area (Å²) in [6.45, 7) is 9.11. The van der Waals surface area contributed by atoms with Crippen LogP contribution in [0.5, 0.6) is 0 Å². The van der Waals surface area contributed by atoms with Crippen LogP contribution in [0.2, 0.25) is 0 Å². The minimum atomic E-state index is -0.623. The number of imidazole rings is 2. The van der Waals surface area contributed by atoms with Crippen molar-refractivity contribution in [3.05, 3.63) is 36.4 Å². The number of nitrogens with zero attached hydrogens (tertiary/aromatic N) is 4. The van der Waals surface area contributed by atoms with E-state index in [0.717, 1.165) is 18.1 Å². The van der Waals surface area contributed by atoms with Gasteiger partial charge in [0.1, 0.15) is 5.82 Å². The van der Waals surface area contributed by atoms with Gasteiger partial charge in [0.05, 0.1) is 17.8 Å². The average molecular weight is 327 g/mol. The largest absolute Gasteiger partial charge is 0.348 e. The number of amides is 1. The predicted octanol–water partition coefficient (Wildman–Crippen LogP) is 2.83. The van der Waals surface area contributed by atoms with E-state index in [9.17, 15) is 4.79 Å². The molecule has 2 aromatic rings. The first-order chi connectivity index (χ1) is 11.3. The van der Waals surface area contributed by atoms with Crippen molar-refractivity contribution in [3.8, 4) is 0 Å². The van der Waals surface area contributed by atoms with Gasteiger partial charge in [-0.05, 0) is 26.7 Å². The highest BCUT2D eigenvalue weighted by molar-refractivity contribution is 5.88. The molecule has 1 atom stereocenters. The summed E-state index contributed by atoms with van der Waals surface area (Å²) in [6.07, 6.45) is 9.72. The minimum absolute atomic E-state index is 0.0304. The van der Waals surface area contributed by atoms with Crippen molar-refractivity contribution >= 4 is 5.91 Å². The molecule has 6 nitrogen and oxygen atoms in total. The van der Waals surface area contributed by atoms with Crippen molar-refractivity contribution in [2.45, 2.75) is 58.0 Å². The number of likely N-dealkylation sites (tertiary alicyclic amines) is 1. The molecule has 1 aliphatic carbocycles. The van der Waals surface area contributed by atoms with Gasteiger partial charge in [-0.2, -0.15) is 0 Å². The van der Waals surface area contributed by atoms with Gasteiger partial charge in [0.2, 0.25) is 5.91 Å². The molecule has 3 heterocycles. The molecule has 2 aromatic heterocycles. The first kappa shape index (κ1) is 15.4. The Hall–Kier alpha value is -2.11. The molecule has 1 unspecified atom stereocenters. The maximum atomic E-state index is 13.3. The van der Waals surface area contributed by atoms with Crippen molar-refractivity contribution in [2.24, 2.45) is 5.41 Å². The van der Waals surface area contributed by atoms with Gasteiger partial charge in [-0.3, -0.25) is 4.79 Å². The zero-order chi connectivity index (χ0) is 17.1. The smallest absolute Gasteiger partial charge is 0.234 e. The van der Waals surface area contributed by atoms with Gasteiger partial charge in [0.15, 0.2) is 0 Å². The normalized spacial score (nSPS) is 23.2. The Morgan fingerprint density at radius 1 is 1.38 bits per heavy atom. The highest BCUT2D eigenvalue weighted by atomic mass is 16.2. The Balaban J connectivity index is 1.66. The van der Waals surface area contributed by atoms with Crippen LogP contribution in [0.3, 0.4) is 0 Å². The van der Waals surface area contributed by atoms with E-state index >= 15 is 0 Å². The van der Waals surface area contributed by atoms with Gasteiger partial charge >= 0.3 is 0 Å². The van der Waals surface area contributed by atoms with E-state index in [0.29, 0.717) is 6.04 Å². The molecule has 1 aliphatic heterocycles. The molecular weight excluding hydrogens is 302 g/mol. The van der Waals surface area contributed by atoms with Crippen LogP contribution >= 0.6 is 0 Å². The Morgan fingerprint density at radius 3 is 2.71 bits per heavy atom. The second-order valence-electron chi connectivity index (χ2n) is 8.34. The summed E-state index contributed by atoms with van der Waals surface area (Å²) in [7, 11) is 0. The predicted molar refractivity (Wildman–Crippen MR) is 90.3 cm³/mol. The summed E-state index contributed by atoms with van der Waals surface area (Å²) in [4.78, 5) is 27.1. The van der Waals surface area contributed by atoms with E-state index < -0.39 is 5.41 Å². The number of nitrogens with one attached hydrogen (secondary N) is 1. The number of H-pyrrole nitrogens is 1. The molecule has 2 fully saturated rings. The quantitative estimate of drug-likeness (QED) is 0.939. The highest BCUT2D eigenvalue weighted by Crippen LogP contribution is 2.51. The number of aromatic amines is 1.